The summed E-state index contributed by atoms with van der Waals surface area (Å²) in [5.74, 6) is -0.189. The first-order chi connectivity index (χ1) is 13.1. The van der Waals surface area contributed by atoms with E-state index in [1.807, 2.05) is 77.1 Å². The van der Waals surface area contributed by atoms with Gasteiger partial charge in [-0.1, -0.05) is 54.1 Å². The van der Waals surface area contributed by atoms with Crippen LogP contribution in [0.2, 0.25) is 0 Å². The van der Waals surface area contributed by atoms with Crippen LogP contribution in [-0.4, -0.2) is 28.3 Å². The van der Waals surface area contributed by atoms with Crippen LogP contribution < -0.4 is 5.32 Å². The second-order valence-electron chi connectivity index (χ2n) is 8.53. The van der Waals surface area contributed by atoms with Gasteiger partial charge < -0.3 is 10.2 Å². The molecule has 4 nitrogen and oxygen atoms in total. The molecule has 1 atom stereocenters. The molecule has 0 heterocycles. The first-order valence-corrected chi connectivity index (χ1v) is 9.78. The van der Waals surface area contributed by atoms with Crippen molar-refractivity contribution in [2.24, 2.45) is 0 Å². The normalized spacial score (nSPS) is 12.4. The van der Waals surface area contributed by atoms with Gasteiger partial charge in [0.1, 0.15) is 6.04 Å². The van der Waals surface area contributed by atoms with E-state index in [-0.39, 0.29) is 23.8 Å². The van der Waals surface area contributed by atoms with Gasteiger partial charge in [-0.3, -0.25) is 9.59 Å². The lowest BCUT2D eigenvalue weighted by molar-refractivity contribution is -0.140. The Morgan fingerprint density at radius 1 is 1.04 bits per heavy atom. The van der Waals surface area contributed by atoms with Crippen molar-refractivity contribution in [1.82, 2.24) is 10.2 Å². The van der Waals surface area contributed by atoms with Gasteiger partial charge in [-0.15, -0.1) is 0 Å². The molecule has 0 aromatic heterocycles. The van der Waals surface area contributed by atoms with Crippen LogP contribution in [0, 0.1) is 13.8 Å². The number of benzene rings is 2. The van der Waals surface area contributed by atoms with Crippen molar-refractivity contribution >= 4 is 11.8 Å². The van der Waals surface area contributed by atoms with Gasteiger partial charge in [0, 0.05) is 12.1 Å². The predicted molar refractivity (Wildman–Crippen MR) is 114 cm³/mol. The number of nitrogens with one attached hydrogen (secondary N) is 1. The van der Waals surface area contributed by atoms with E-state index in [0.29, 0.717) is 6.54 Å². The summed E-state index contributed by atoms with van der Waals surface area (Å²) < 4.78 is 0. The predicted octanol–water partition coefficient (Wildman–Crippen LogP) is 4.18. The van der Waals surface area contributed by atoms with Gasteiger partial charge >= 0.3 is 0 Å². The van der Waals surface area contributed by atoms with Gasteiger partial charge in [0.05, 0.1) is 6.42 Å². The lowest BCUT2D eigenvalue weighted by atomic mass is 10.0. The number of carbonyl (C=O) groups excluding carboxylic acids is 2. The SMILES string of the molecule is Cc1cccc(CN(C(=O)Cc2ccccc2C)[C@H](C)C(=O)NC(C)(C)C)c1. The molecule has 2 amide bonds. The van der Waals surface area contributed by atoms with Crippen LogP contribution in [0.1, 0.15) is 49.9 Å². The number of carbonyl (C=O) groups is 2. The van der Waals surface area contributed by atoms with Crippen LogP contribution in [-0.2, 0) is 22.6 Å². The van der Waals surface area contributed by atoms with Crippen molar-refractivity contribution < 1.29 is 9.59 Å². The van der Waals surface area contributed by atoms with Crippen LogP contribution in [0.15, 0.2) is 48.5 Å². The van der Waals surface area contributed by atoms with E-state index in [9.17, 15) is 9.59 Å². The van der Waals surface area contributed by atoms with Crippen molar-refractivity contribution in [3.05, 3.63) is 70.8 Å². The maximum atomic E-state index is 13.2. The monoisotopic (exact) mass is 380 g/mol. The quantitative estimate of drug-likeness (QED) is 0.817. The minimum atomic E-state index is -0.559. The second kappa shape index (κ2) is 9.05. The molecule has 28 heavy (non-hydrogen) atoms. The van der Waals surface area contributed by atoms with Gasteiger partial charge in [-0.25, -0.2) is 0 Å². The molecule has 0 saturated heterocycles. The molecule has 2 aromatic carbocycles. The third kappa shape index (κ3) is 6.22. The van der Waals surface area contributed by atoms with E-state index < -0.39 is 6.04 Å². The molecule has 0 radical (unpaired) electrons. The fourth-order valence-electron chi connectivity index (χ4n) is 3.14. The average molecular weight is 381 g/mol. The number of aryl methyl sites for hydroxylation is 2. The molecular weight excluding hydrogens is 348 g/mol. The van der Waals surface area contributed by atoms with Gasteiger partial charge in [0.15, 0.2) is 0 Å². The molecule has 0 aliphatic heterocycles. The highest BCUT2D eigenvalue weighted by molar-refractivity contribution is 5.88. The number of hydrogen-bond donors (Lipinski definition) is 1. The first kappa shape index (κ1) is 21.7. The standard InChI is InChI=1S/C24H32N2O2/c1-17-10-9-12-20(14-17)16-26(19(3)23(28)25-24(4,5)6)22(27)15-21-13-8-7-11-18(21)2/h7-14,19H,15-16H2,1-6H3,(H,25,28)/t19-/m1/s1. The molecule has 0 saturated carbocycles. The third-order valence-corrected chi connectivity index (χ3v) is 4.70. The Labute approximate surface area is 169 Å². The van der Waals surface area contributed by atoms with Gasteiger partial charge in [-0.2, -0.15) is 0 Å². The summed E-state index contributed by atoms with van der Waals surface area (Å²) in [6.45, 7) is 12.1. The van der Waals surface area contributed by atoms with Crippen LogP contribution >= 0.6 is 0 Å². The molecule has 0 bridgehead atoms. The van der Waals surface area contributed by atoms with Crippen LogP contribution in [0.3, 0.4) is 0 Å². The summed E-state index contributed by atoms with van der Waals surface area (Å²) in [4.78, 5) is 27.7. The Bertz CT molecular complexity index is 836. The molecule has 0 unspecified atom stereocenters. The zero-order valence-corrected chi connectivity index (χ0v) is 17.9. The van der Waals surface area contributed by atoms with Crippen molar-refractivity contribution in [3.8, 4) is 0 Å². The number of hydrogen-bond acceptors (Lipinski definition) is 2. The molecule has 2 rings (SSSR count). The summed E-state index contributed by atoms with van der Waals surface area (Å²) >= 11 is 0. The maximum Gasteiger partial charge on any atom is 0.242 e. The van der Waals surface area contributed by atoms with Crippen molar-refractivity contribution in [2.45, 2.75) is 66.1 Å². The Morgan fingerprint density at radius 3 is 2.32 bits per heavy atom. The van der Waals surface area contributed by atoms with E-state index in [1.165, 1.54) is 0 Å². The summed E-state index contributed by atoms with van der Waals surface area (Å²) in [7, 11) is 0. The maximum absolute atomic E-state index is 13.2. The Hall–Kier alpha value is -2.62. The van der Waals surface area contributed by atoms with Gasteiger partial charge in [-0.05, 0) is 58.2 Å². The minimum Gasteiger partial charge on any atom is -0.350 e. The lowest BCUT2D eigenvalue weighted by Crippen LogP contribution is -2.52. The molecule has 150 valence electrons. The first-order valence-electron chi connectivity index (χ1n) is 9.78. The molecule has 0 spiro atoms. The van der Waals surface area contributed by atoms with Crippen molar-refractivity contribution in [3.63, 3.8) is 0 Å². The van der Waals surface area contributed by atoms with Gasteiger partial charge in [0.25, 0.3) is 0 Å². The van der Waals surface area contributed by atoms with Crippen molar-refractivity contribution in [1.29, 1.82) is 0 Å². The third-order valence-electron chi connectivity index (χ3n) is 4.70. The van der Waals surface area contributed by atoms with E-state index in [4.69, 9.17) is 0 Å². The zero-order valence-electron chi connectivity index (χ0n) is 17.9. The van der Waals surface area contributed by atoms with Crippen LogP contribution in [0.25, 0.3) is 0 Å². The number of amides is 2. The summed E-state index contributed by atoms with van der Waals surface area (Å²) in [6.07, 6.45) is 0.283. The summed E-state index contributed by atoms with van der Waals surface area (Å²) in [6, 6.07) is 15.4. The molecule has 2 aromatic rings. The summed E-state index contributed by atoms with van der Waals surface area (Å²) in [5.41, 5.74) is 3.88. The molecule has 1 N–H and O–H groups in total. The summed E-state index contributed by atoms with van der Waals surface area (Å²) in [5, 5.41) is 2.99. The van der Waals surface area contributed by atoms with E-state index in [0.717, 1.165) is 22.3 Å². The zero-order chi connectivity index (χ0) is 20.9. The average Bonchev–Trinajstić information content (AvgIpc) is 2.59. The number of nitrogens with zero attached hydrogens (tertiary/aromatic N) is 1. The molecule has 4 heteroatoms. The smallest absolute Gasteiger partial charge is 0.242 e. The van der Waals surface area contributed by atoms with E-state index in [1.54, 1.807) is 11.8 Å². The van der Waals surface area contributed by atoms with Gasteiger partial charge in [0.2, 0.25) is 11.8 Å². The Kier molecular flexibility index (Phi) is 7.00. The van der Waals surface area contributed by atoms with Crippen molar-refractivity contribution in [2.75, 3.05) is 0 Å². The van der Waals surface area contributed by atoms with Crippen LogP contribution in [0.5, 0.6) is 0 Å². The molecular formula is C24H32N2O2. The number of rotatable bonds is 6. The van der Waals surface area contributed by atoms with E-state index in [2.05, 4.69) is 11.4 Å². The molecule has 0 aliphatic carbocycles. The molecule has 0 aliphatic rings. The Morgan fingerprint density at radius 2 is 1.71 bits per heavy atom. The topological polar surface area (TPSA) is 49.4 Å². The minimum absolute atomic E-state index is 0.0487. The molecule has 0 fully saturated rings. The largest absolute Gasteiger partial charge is 0.350 e. The highest BCUT2D eigenvalue weighted by Crippen LogP contribution is 2.16. The highest BCUT2D eigenvalue weighted by Gasteiger charge is 2.28. The fourth-order valence-corrected chi connectivity index (χ4v) is 3.14. The second-order valence-corrected chi connectivity index (χ2v) is 8.53. The lowest BCUT2D eigenvalue weighted by Gasteiger charge is -2.31. The fraction of sp³-hybridized carbons (Fsp3) is 0.417. The Balaban J connectivity index is 2.27. The van der Waals surface area contributed by atoms with Crippen LogP contribution in [0.4, 0.5) is 0 Å². The highest BCUT2D eigenvalue weighted by atomic mass is 16.2. The van der Waals surface area contributed by atoms with E-state index >= 15 is 0 Å².